The van der Waals surface area contributed by atoms with E-state index in [1.165, 1.54) is 0 Å². The van der Waals surface area contributed by atoms with E-state index in [0.717, 1.165) is 29.0 Å². The Morgan fingerprint density at radius 3 is 2.49 bits per heavy atom. The molecule has 0 spiro atoms. The number of aromatic nitrogens is 1. The average Bonchev–Trinajstić information content (AvgIpc) is 3.34. The Hall–Kier alpha value is -3.20. The van der Waals surface area contributed by atoms with Crippen molar-refractivity contribution in [2.24, 2.45) is 0 Å². The van der Waals surface area contributed by atoms with Gasteiger partial charge in [0.05, 0.1) is 19.7 Å². The Kier molecular flexibility index (Phi) is 10.7. The summed E-state index contributed by atoms with van der Waals surface area (Å²) in [5, 5.41) is 11.3. The third kappa shape index (κ3) is 7.89. The SMILES string of the molecule is CCC(Oc1cccc(CN(CCCOc2ccc(OC)cc2)c2nc3ccccc3o2)c1)C(=O)[O-].[Na+]. The van der Waals surface area contributed by atoms with Crippen LogP contribution in [-0.2, 0) is 11.3 Å². The molecule has 0 amide bonds. The van der Waals surface area contributed by atoms with Crippen molar-refractivity contribution in [3.05, 3.63) is 78.4 Å². The first-order chi connectivity index (χ1) is 17.6. The normalized spacial score (nSPS) is 11.4. The van der Waals surface area contributed by atoms with Gasteiger partial charge < -0.3 is 33.4 Å². The van der Waals surface area contributed by atoms with Crippen LogP contribution in [0.15, 0.2) is 77.2 Å². The van der Waals surface area contributed by atoms with E-state index in [9.17, 15) is 9.90 Å². The molecular weight excluding hydrogens is 483 g/mol. The molecule has 0 aliphatic carbocycles. The Morgan fingerprint density at radius 2 is 1.78 bits per heavy atom. The molecule has 0 aliphatic heterocycles. The van der Waals surface area contributed by atoms with Crippen LogP contribution in [-0.4, -0.2) is 37.3 Å². The van der Waals surface area contributed by atoms with Crippen LogP contribution in [0.1, 0.15) is 25.3 Å². The number of carbonyl (C=O) groups is 1. The van der Waals surface area contributed by atoms with Crippen molar-refractivity contribution in [1.82, 2.24) is 4.98 Å². The summed E-state index contributed by atoms with van der Waals surface area (Å²) < 4.78 is 22.7. The summed E-state index contributed by atoms with van der Waals surface area (Å²) in [4.78, 5) is 18.0. The minimum Gasteiger partial charge on any atom is -0.546 e. The van der Waals surface area contributed by atoms with E-state index in [-0.39, 0.29) is 29.6 Å². The van der Waals surface area contributed by atoms with Gasteiger partial charge in [-0.15, -0.1) is 0 Å². The Morgan fingerprint density at radius 1 is 1.03 bits per heavy atom. The number of carboxylic acid groups (broad SMARTS) is 1. The van der Waals surface area contributed by atoms with Gasteiger partial charge in [-0.2, -0.15) is 4.98 Å². The van der Waals surface area contributed by atoms with E-state index in [4.69, 9.17) is 18.6 Å². The monoisotopic (exact) mass is 512 g/mol. The van der Waals surface area contributed by atoms with E-state index in [1.54, 1.807) is 20.1 Å². The van der Waals surface area contributed by atoms with E-state index < -0.39 is 12.1 Å². The first-order valence-electron chi connectivity index (χ1n) is 11.9. The molecule has 0 saturated carbocycles. The first kappa shape index (κ1) is 28.4. The number of nitrogens with zero attached hydrogens (tertiary/aromatic N) is 2. The maximum atomic E-state index is 11.3. The van der Waals surface area contributed by atoms with Crippen LogP contribution >= 0.6 is 0 Å². The maximum absolute atomic E-state index is 11.3. The number of aliphatic carboxylic acids is 1. The van der Waals surface area contributed by atoms with Crippen molar-refractivity contribution in [2.75, 3.05) is 25.2 Å². The fourth-order valence-electron chi connectivity index (χ4n) is 3.75. The number of benzene rings is 3. The summed E-state index contributed by atoms with van der Waals surface area (Å²) in [5.41, 5.74) is 2.42. The van der Waals surface area contributed by atoms with Crippen LogP contribution in [0.5, 0.6) is 17.2 Å². The standard InChI is InChI=1S/C28H30N2O6.Na/c1-3-25(27(31)32)35-23-9-6-8-20(18-23)19-30(28-29-24-10-4-5-11-26(24)36-28)16-7-17-34-22-14-12-21(33-2)13-15-22;/h4-6,8-15,18,25H,3,7,16-17,19H2,1-2H3,(H,31,32);/q;+1/p-1. The predicted molar refractivity (Wildman–Crippen MR) is 134 cm³/mol. The van der Waals surface area contributed by atoms with Crippen molar-refractivity contribution in [1.29, 1.82) is 0 Å². The minimum absolute atomic E-state index is 0. The number of ether oxygens (including phenoxy) is 3. The molecule has 1 atom stereocenters. The molecule has 0 aliphatic rings. The van der Waals surface area contributed by atoms with Crippen molar-refractivity contribution in [3.8, 4) is 17.2 Å². The fourth-order valence-corrected chi connectivity index (χ4v) is 3.75. The minimum atomic E-state index is -1.23. The van der Waals surface area contributed by atoms with Crippen molar-refractivity contribution < 1.29 is 58.1 Å². The zero-order valence-electron chi connectivity index (χ0n) is 21.4. The van der Waals surface area contributed by atoms with Gasteiger partial charge in [0.2, 0.25) is 0 Å². The van der Waals surface area contributed by atoms with Gasteiger partial charge in [-0.3, -0.25) is 0 Å². The van der Waals surface area contributed by atoms with Crippen LogP contribution in [0.25, 0.3) is 11.1 Å². The summed E-state index contributed by atoms with van der Waals surface area (Å²) in [6, 6.07) is 23.0. The number of hydrogen-bond acceptors (Lipinski definition) is 8. The summed E-state index contributed by atoms with van der Waals surface area (Å²) in [5.74, 6) is 0.796. The number of hydrogen-bond donors (Lipinski definition) is 0. The van der Waals surface area contributed by atoms with E-state index in [2.05, 4.69) is 4.98 Å². The molecule has 4 rings (SSSR count). The van der Waals surface area contributed by atoms with Crippen molar-refractivity contribution >= 4 is 23.1 Å². The summed E-state index contributed by atoms with van der Waals surface area (Å²) in [6.07, 6.45) is 0.0442. The summed E-state index contributed by atoms with van der Waals surface area (Å²) >= 11 is 0. The Bertz CT molecular complexity index is 1240. The average molecular weight is 513 g/mol. The molecule has 4 aromatic rings. The summed E-state index contributed by atoms with van der Waals surface area (Å²) in [7, 11) is 1.63. The zero-order chi connectivity index (χ0) is 25.3. The zero-order valence-corrected chi connectivity index (χ0v) is 23.4. The topological polar surface area (TPSA) is 97.1 Å². The molecule has 0 radical (unpaired) electrons. The fraction of sp³-hybridized carbons (Fsp3) is 0.286. The van der Waals surface area contributed by atoms with Gasteiger partial charge in [0.1, 0.15) is 28.9 Å². The number of anilines is 1. The molecule has 8 nitrogen and oxygen atoms in total. The molecular formula is C28H29N2NaO6. The molecule has 0 N–H and O–H groups in total. The van der Waals surface area contributed by atoms with E-state index in [1.807, 2.05) is 71.6 Å². The predicted octanol–water partition coefficient (Wildman–Crippen LogP) is 1.22. The molecule has 9 heteroatoms. The van der Waals surface area contributed by atoms with Gasteiger partial charge in [0, 0.05) is 13.1 Å². The number of para-hydroxylation sites is 2. The van der Waals surface area contributed by atoms with Gasteiger partial charge in [0.25, 0.3) is 6.01 Å². The first-order valence-corrected chi connectivity index (χ1v) is 11.9. The number of methoxy groups -OCH3 is 1. The third-order valence-electron chi connectivity index (χ3n) is 5.64. The maximum Gasteiger partial charge on any atom is 1.00 e. The summed E-state index contributed by atoms with van der Waals surface area (Å²) in [6.45, 7) is 3.38. The smallest absolute Gasteiger partial charge is 0.546 e. The van der Waals surface area contributed by atoms with Crippen LogP contribution in [0.3, 0.4) is 0 Å². The third-order valence-corrected chi connectivity index (χ3v) is 5.64. The van der Waals surface area contributed by atoms with Gasteiger partial charge in [-0.05, 0) is 66.9 Å². The van der Waals surface area contributed by atoms with Crippen LogP contribution in [0.2, 0.25) is 0 Å². The van der Waals surface area contributed by atoms with Gasteiger partial charge in [-0.25, -0.2) is 0 Å². The van der Waals surface area contributed by atoms with Crippen molar-refractivity contribution in [3.63, 3.8) is 0 Å². The second-order valence-corrected chi connectivity index (χ2v) is 8.24. The Labute approximate surface area is 238 Å². The number of rotatable bonds is 13. The van der Waals surface area contributed by atoms with Crippen LogP contribution in [0, 0.1) is 0 Å². The molecule has 0 saturated heterocycles. The number of oxazole rings is 1. The van der Waals surface area contributed by atoms with Crippen LogP contribution in [0.4, 0.5) is 6.01 Å². The largest absolute Gasteiger partial charge is 1.00 e. The molecule has 0 bridgehead atoms. The van der Waals surface area contributed by atoms with Crippen molar-refractivity contribution in [2.45, 2.75) is 32.4 Å². The molecule has 3 aromatic carbocycles. The number of fused-ring (bicyclic) bond motifs is 1. The molecule has 1 aromatic heterocycles. The molecule has 1 heterocycles. The second kappa shape index (κ2) is 13.9. The Balaban J connectivity index is 0.00000380. The number of carbonyl (C=O) groups excluding carboxylic acids is 1. The molecule has 188 valence electrons. The second-order valence-electron chi connectivity index (χ2n) is 8.24. The van der Waals surface area contributed by atoms with Gasteiger partial charge in [0.15, 0.2) is 5.58 Å². The molecule has 1 unspecified atom stereocenters. The van der Waals surface area contributed by atoms with E-state index in [0.29, 0.717) is 43.5 Å². The quantitative estimate of drug-likeness (QED) is 0.195. The van der Waals surface area contributed by atoms with Gasteiger partial charge >= 0.3 is 29.6 Å². The molecule has 0 fully saturated rings. The van der Waals surface area contributed by atoms with E-state index >= 15 is 0 Å². The molecule has 37 heavy (non-hydrogen) atoms. The van der Waals surface area contributed by atoms with Gasteiger partial charge in [-0.1, -0.05) is 31.2 Å². The van der Waals surface area contributed by atoms with Crippen LogP contribution < -0.4 is 53.8 Å². The number of carboxylic acids is 1.